The van der Waals surface area contributed by atoms with Crippen LogP contribution in [-0.4, -0.2) is 45.4 Å². The summed E-state index contributed by atoms with van der Waals surface area (Å²) in [5.41, 5.74) is 5.60. The van der Waals surface area contributed by atoms with E-state index in [1.165, 1.54) is 0 Å². The lowest BCUT2D eigenvalue weighted by Crippen LogP contribution is -2.41. The molecule has 5 nitrogen and oxygen atoms in total. The second-order valence-electron chi connectivity index (χ2n) is 4.48. The van der Waals surface area contributed by atoms with Crippen molar-refractivity contribution in [1.82, 2.24) is 5.32 Å². The Kier molecular flexibility index (Phi) is 14.5. The number of methoxy groups -OCH3 is 1. The number of carbonyl (C=O) groups excluding carboxylic acids is 1. The van der Waals surface area contributed by atoms with Gasteiger partial charge < -0.3 is 20.5 Å². The second-order valence-corrected chi connectivity index (χ2v) is 4.48. The molecule has 3 N–H and O–H groups in total. The van der Waals surface area contributed by atoms with Crippen molar-refractivity contribution in [1.29, 1.82) is 0 Å². The number of nitrogens with one attached hydrogen (secondary N) is 1. The van der Waals surface area contributed by atoms with Crippen LogP contribution in [0.15, 0.2) is 0 Å². The van der Waals surface area contributed by atoms with Crippen molar-refractivity contribution >= 4 is 18.3 Å². The van der Waals surface area contributed by atoms with Crippen LogP contribution in [0.2, 0.25) is 0 Å². The third-order valence-corrected chi connectivity index (χ3v) is 2.31. The number of ether oxygens (including phenoxy) is 2. The standard InChI is InChI=1S/C12H26N2O3.ClH/c1-10(2)8-11(9-13)14-12(15)4-5-17-7-6-16-3;/h10-11H,4-9,13H2,1-3H3,(H,14,15);1H. The molecular weight excluding hydrogens is 256 g/mol. The van der Waals surface area contributed by atoms with Crippen LogP contribution in [0.5, 0.6) is 0 Å². The molecule has 1 atom stereocenters. The first kappa shape index (κ1) is 20.0. The molecule has 0 aromatic heterocycles. The summed E-state index contributed by atoms with van der Waals surface area (Å²) in [5.74, 6) is 0.528. The molecule has 0 aliphatic rings. The molecule has 1 amide bonds. The first-order chi connectivity index (χ1) is 8.10. The number of amides is 1. The summed E-state index contributed by atoms with van der Waals surface area (Å²) in [6.45, 7) is 6.21. The predicted octanol–water partition coefficient (Wildman–Crippen LogP) is 0.951. The van der Waals surface area contributed by atoms with Gasteiger partial charge in [-0.2, -0.15) is 0 Å². The van der Waals surface area contributed by atoms with E-state index in [0.717, 1.165) is 6.42 Å². The normalized spacial score (nSPS) is 12.1. The Labute approximate surface area is 116 Å². The number of carbonyl (C=O) groups is 1. The largest absolute Gasteiger partial charge is 0.382 e. The lowest BCUT2D eigenvalue weighted by molar-refractivity contribution is -0.123. The van der Waals surface area contributed by atoms with Crippen molar-refractivity contribution in [2.75, 3.05) is 33.5 Å². The van der Waals surface area contributed by atoms with Crippen molar-refractivity contribution < 1.29 is 14.3 Å². The van der Waals surface area contributed by atoms with Crippen molar-refractivity contribution in [2.45, 2.75) is 32.7 Å². The van der Waals surface area contributed by atoms with Crippen LogP contribution < -0.4 is 11.1 Å². The van der Waals surface area contributed by atoms with Crippen molar-refractivity contribution in [3.8, 4) is 0 Å². The van der Waals surface area contributed by atoms with Crippen molar-refractivity contribution in [3.63, 3.8) is 0 Å². The molecule has 0 aromatic rings. The first-order valence-electron chi connectivity index (χ1n) is 6.16. The molecule has 1 unspecified atom stereocenters. The molecule has 6 heteroatoms. The molecule has 0 aromatic carbocycles. The van der Waals surface area contributed by atoms with Gasteiger partial charge in [-0.25, -0.2) is 0 Å². The molecule has 0 fully saturated rings. The Morgan fingerprint density at radius 2 is 1.94 bits per heavy atom. The summed E-state index contributed by atoms with van der Waals surface area (Å²) in [4.78, 5) is 11.5. The molecule has 0 aliphatic carbocycles. The minimum Gasteiger partial charge on any atom is -0.382 e. The van der Waals surface area contributed by atoms with Gasteiger partial charge in [-0.1, -0.05) is 13.8 Å². The number of hydrogen-bond donors (Lipinski definition) is 2. The highest BCUT2D eigenvalue weighted by Crippen LogP contribution is 2.03. The summed E-state index contributed by atoms with van der Waals surface area (Å²) in [5, 5.41) is 2.91. The van der Waals surface area contributed by atoms with E-state index < -0.39 is 0 Å². The van der Waals surface area contributed by atoms with Gasteiger partial charge in [0.15, 0.2) is 0 Å². The summed E-state index contributed by atoms with van der Waals surface area (Å²) in [7, 11) is 1.62. The van der Waals surface area contributed by atoms with Crippen LogP contribution >= 0.6 is 12.4 Å². The van der Waals surface area contributed by atoms with Gasteiger partial charge >= 0.3 is 0 Å². The molecule has 0 saturated carbocycles. The second kappa shape index (κ2) is 13.1. The van der Waals surface area contributed by atoms with Crippen LogP contribution in [0.25, 0.3) is 0 Å². The minimum atomic E-state index is -0.00137. The quantitative estimate of drug-likeness (QED) is 0.585. The Balaban J connectivity index is 0. The number of halogens is 1. The first-order valence-corrected chi connectivity index (χ1v) is 6.16. The van der Waals surface area contributed by atoms with Crippen LogP contribution in [0.1, 0.15) is 26.7 Å². The van der Waals surface area contributed by atoms with Crippen LogP contribution in [0.4, 0.5) is 0 Å². The van der Waals surface area contributed by atoms with Gasteiger partial charge in [-0.15, -0.1) is 12.4 Å². The number of nitrogens with two attached hydrogens (primary N) is 1. The maximum atomic E-state index is 11.5. The minimum absolute atomic E-state index is 0. The maximum Gasteiger partial charge on any atom is 0.222 e. The molecule has 0 radical (unpaired) electrons. The van der Waals surface area contributed by atoms with Gasteiger partial charge in [0, 0.05) is 26.1 Å². The lowest BCUT2D eigenvalue weighted by atomic mass is 10.0. The fraction of sp³-hybridized carbons (Fsp3) is 0.917. The highest BCUT2D eigenvalue weighted by molar-refractivity contribution is 5.85. The topological polar surface area (TPSA) is 73.6 Å². The lowest BCUT2D eigenvalue weighted by Gasteiger charge is -2.18. The fourth-order valence-corrected chi connectivity index (χ4v) is 1.49. The zero-order chi connectivity index (χ0) is 13.1. The molecule has 0 bridgehead atoms. The summed E-state index contributed by atoms with van der Waals surface area (Å²) in [6.07, 6.45) is 1.28. The SMILES string of the molecule is COCCOCCC(=O)NC(CN)CC(C)C.Cl. The van der Waals surface area contributed by atoms with E-state index in [-0.39, 0.29) is 24.4 Å². The molecule has 18 heavy (non-hydrogen) atoms. The fourth-order valence-electron chi connectivity index (χ4n) is 1.49. The third-order valence-electron chi connectivity index (χ3n) is 2.31. The highest BCUT2D eigenvalue weighted by atomic mass is 35.5. The van der Waals surface area contributed by atoms with E-state index in [1.807, 2.05) is 0 Å². The zero-order valence-electron chi connectivity index (χ0n) is 11.6. The van der Waals surface area contributed by atoms with Gasteiger partial charge in [-0.3, -0.25) is 4.79 Å². The molecule has 0 heterocycles. The van der Waals surface area contributed by atoms with Crippen LogP contribution in [-0.2, 0) is 14.3 Å². The molecule has 0 rings (SSSR count). The van der Waals surface area contributed by atoms with Gasteiger partial charge in [0.05, 0.1) is 19.8 Å². The average molecular weight is 283 g/mol. The summed E-state index contributed by atoms with van der Waals surface area (Å²) >= 11 is 0. The van der Waals surface area contributed by atoms with Crippen molar-refractivity contribution in [2.24, 2.45) is 11.7 Å². The molecule has 0 spiro atoms. The Morgan fingerprint density at radius 3 is 2.44 bits per heavy atom. The summed E-state index contributed by atoms with van der Waals surface area (Å²) < 4.78 is 10.1. The number of hydrogen-bond acceptors (Lipinski definition) is 4. The van der Waals surface area contributed by atoms with Crippen LogP contribution in [0.3, 0.4) is 0 Å². The van der Waals surface area contributed by atoms with Gasteiger partial charge in [0.2, 0.25) is 5.91 Å². The Bertz CT molecular complexity index is 204. The average Bonchev–Trinajstić information content (AvgIpc) is 2.27. The Morgan fingerprint density at radius 1 is 1.28 bits per heavy atom. The van der Waals surface area contributed by atoms with Crippen LogP contribution in [0, 0.1) is 5.92 Å². The maximum absolute atomic E-state index is 11.5. The van der Waals surface area contributed by atoms with Gasteiger partial charge in [-0.05, 0) is 12.3 Å². The zero-order valence-corrected chi connectivity index (χ0v) is 12.4. The molecular formula is C12H27ClN2O3. The van der Waals surface area contributed by atoms with Gasteiger partial charge in [0.25, 0.3) is 0 Å². The molecule has 110 valence electrons. The van der Waals surface area contributed by atoms with E-state index >= 15 is 0 Å². The number of rotatable bonds is 10. The molecule has 0 aliphatic heterocycles. The predicted molar refractivity (Wildman–Crippen MR) is 75.0 cm³/mol. The van der Waals surface area contributed by atoms with E-state index in [1.54, 1.807) is 7.11 Å². The van der Waals surface area contributed by atoms with Gasteiger partial charge in [0.1, 0.15) is 0 Å². The van der Waals surface area contributed by atoms with E-state index in [9.17, 15) is 4.79 Å². The smallest absolute Gasteiger partial charge is 0.222 e. The molecule has 0 saturated heterocycles. The highest BCUT2D eigenvalue weighted by Gasteiger charge is 2.11. The van der Waals surface area contributed by atoms with Crippen molar-refractivity contribution in [3.05, 3.63) is 0 Å². The monoisotopic (exact) mass is 282 g/mol. The van der Waals surface area contributed by atoms with E-state index in [2.05, 4.69) is 19.2 Å². The summed E-state index contributed by atoms with van der Waals surface area (Å²) in [6, 6.07) is 0.0708. The van der Waals surface area contributed by atoms with E-state index in [4.69, 9.17) is 15.2 Å². The Hall–Kier alpha value is -0.360. The van der Waals surface area contributed by atoms with E-state index in [0.29, 0.717) is 38.7 Å². The third kappa shape index (κ3) is 12.1.